The Morgan fingerprint density at radius 1 is 0.405 bits per heavy atom. The number of allylic oxidation sites excluding steroid dienone is 2. The van der Waals surface area contributed by atoms with Crippen LogP contribution in [0.25, 0.3) is 11.1 Å². The molecule has 0 amide bonds. The number of hydrogen-bond donors (Lipinski definition) is 0. The van der Waals surface area contributed by atoms with Crippen molar-refractivity contribution in [1.82, 2.24) is 0 Å². The van der Waals surface area contributed by atoms with Crippen LogP contribution in [0.3, 0.4) is 0 Å². The van der Waals surface area contributed by atoms with Gasteiger partial charge in [0.2, 0.25) is 0 Å². The molecule has 0 aliphatic heterocycles. The zero-order chi connectivity index (χ0) is 25.7. The molecule has 0 unspecified atom stereocenters. The van der Waals surface area contributed by atoms with Gasteiger partial charge < -0.3 is 0 Å². The van der Waals surface area contributed by atoms with Crippen molar-refractivity contribution in [2.24, 2.45) is 0 Å². The summed E-state index contributed by atoms with van der Waals surface area (Å²) in [5.74, 6) is 0. The average Bonchev–Trinajstić information content (AvgIpc) is 3.78. The van der Waals surface area contributed by atoms with E-state index in [0.717, 1.165) is 6.42 Å². The molecule has 188 valence electrons. The number of benzene rings is 5. The molecule has 0 nitrogen and oxygen atoms in total. The van der Waals surface area contributed by atoms with Gasteiger partial charge in [0, 0.05) is 0 Å². The zero-order valence-corrected chi connectivity index (χ0v) is 24.1. The fourth-order valence-corrected chi connectivity index (χ4v) is 6.45. The minimum Gasteiger partial charge on any atom is -0.0622 e. The topological polar surface area (TPSA) is 0 Å². The Kier molecular flexibility index (Phi) is 11.2. The van der Waals surface area contributed by atoms with Crippen LogP contribution in [0.4, 0.5) is 0 Å². The summed E-state index contributed by atoms with van der Waals surface area (Å²) >= 11 is -0.106. The molecule has 5 aromatic rings. The van der Waals surface area contributed by atoms with Crippen molar-refractivity contribution in [3.8, 4) is 0 Å². The molecule has 0 N–H and O–H groups in total. The van der Waals surface area contributed by atoms with Crippen LogP contribution in [0.1, 0.15) is 17.5 Å². The summed E-state index contributed by atoms with van der Waals surface area (Å²) in [6.45, 7) is 0. The molecular weight excluding hydrogens is 605 g/mol. The van der Waals surface area contributed by atoms with E-state index >= 15 is 0 Å². The van der Waals surface area contributed by atoms with Crippen molar-refractivity contribution in [2.45, 2.75) is 6.42 Å². The van der Waals surface area contributed by atoms with Crippen molar-refractivity contribution >= 4 is 54.0 Å². The first-order valence-corrected chi connectivity index (χ1v) is 17.3. The molecule has 0 saturated carbocycles. The van der Waals surface area contributed by atoms with Crippen LogP contribution in [0, 0.1) is 0 Å². The van der Waals surface area contributed by atoms with Crippen molar-refractivity contribution in [3.63, 3.8) is 0 Å². The van der Waals surface area contributed by atoms with E-state index in [1.807, 2.05) is 0 Å². The maximum absolute atomic E-state index is 4.81. The van der Waals surface area contributed by atoms with Crippen LogP contribution in [0.5, 0.6) is 0 Å². The molecule has 0 bridgehead atoms. The van der Waals surface area contributed by atoms with E-state index in [0.29, 0.717) is 0 Å². The third kappa shape index (κ3) is 8.25. The van der Waals surface area contributed by atoms with Crippen molar-refractivity contribution in [1.29, 1.82) is 0 Å². The van der Waals surface area contributed by atoms with Gasteiger partial charge in [-0.15, -0.1) is 0 Å². The monoisotopic (exact) mass is 630 g/mol. The van der Waals surface area contributed by atoms with Crippen LogP contribution in [-0.4, -0.2) is 0 Å². The molecule has 37 heavy (non-hydrogen) atoms. The van der Waals surface area contributed by atoms with Gasteiger partial charge in [-0.05, 0) is 52.5 Å². The molecule has 0 heterocycles. The molecule has 6 rings (SSSR count). The second kappa shape index (κ2) is 15.1. The van der Waals surface area contributed by atoms with Crippen LogP contribution in [-0.2, 0) is 15.9 Å². The Morgan fingerprint density at radius 2 is 0.649 bits per heavy atom. The summed E-state index contributed by atoms with van der Waals surface area (Å²) in [6, 6.07) is 53.6. The quantitative estimate of drug-likeness (QED) is 0.134. The van der Waals surface area contributed by atoms with Gasteiger partial charge in [0.15, 0.2) is 0 Å². The van der Waals surface area contributed by atoms with Crippen molar-refractivity contribution < 1.29 is 15.9 Å². The average molecular weight is 632 g/mol. The van der Waals surface area contributed by atoms with E-state index in [2.05, 4.69) is 152 Å². The molecule has 0 fully saturated rings. The Labute approximate surface area is 237 Å². The van der Waals surface area contributed by atoms with Crippen LogP contribution in [0.15, 0.2) is 152 Å². The summed E-state index contributed by atoms with van der Waals surface area (Å²) in [5.41, 5.74) is 5.75. The Balaban J connectivity index is 0.000000160. The summed E-state index contributed by atoms with van der Waals surface area (Å²) in [7, 11) is 9.18. The van der Waals surface area contributed by atoms with E-state index in [1.54, 1.807) is 0 Å². The first-order valence-electron chi connectivity index (χ1n) is 11.9. The fraction of sp³-hybridized carbons (Fsp3) is 0.0303. The van der Waals surface area contributed by atoms with Gasteiger partial charge in [-0.2, -0.15) is 0 Å². The summed E-state index contributed by atoms with van der Waals surface area (Å²) in [6.07, 6.45) is 1.15. The van der Waals surface area contributed by atoms with E-state index in [-0.39, 0.29) is 15.9 Å². The Bertz CT molecular complexity index is 1220. The molecule has 5 aromatic carbocycles. The third-order valence-electron chi connectivity index (χ3n) is 5.88. The minimum atomic E-state index is -0.446. The Morgan fingerprint density at radius 3 is 0.919 bits per heavy atom. The molecule has 4 heteroatoms. The molecule has 0 radical (unpaired) electrons. The summed E-state index contributed by atoms with van der Waals surface area (Å²) < 4.78 is 0. The van der Waals surface area contributed by atoms with Crippen molar-refractivity contribution in [3.05, 3.63) is 163 Å². The van der Waals surface area contributed by atoms with Crippen LogP contribution < -0.4 is 15.9 Å². The number of halogens is 2. The van der Waals surface area contributed by atoms with E-state index in [4.69, 9.17) is 19.1 Å². The number of rotatable bonds is 5. The van der Waals surface area contributed by atoms with Gasteiger partial charge in [0.25, 0.3) is 0 Å². The fourth-order valence-electron chi connectivity index (χ4n) is 4.14. The van der Waals surface area contributed by atoms with Crippen LogP contribution >= 0.6 is 27.0 Å². The first-order chi connectivity index (χ1) is 18.3. The second-order valence-corrected chi connectivity index (χ2v) is 12.8. The smallest absolute Gasteiger partial charge is 0.000775 e. The minimum absolute atomic E-state index is 0.106. The van der Waals surface area contributed by atoms with Gasteiger partial charge in [0.1, 0.15) is 0 Å². The molecule has 0 saturated heterocycles. The maximum atomic E-state index is 4.81. The van der Waals surface area contributed by atoms with E-state index < -0.39 is 7.92 Å². The number of hydrogen-bond acceptors (Lipinski definition) is 0. The SMILES string of the molecule is [Cl][Pd][Cl].c1ccc(C2=C(c3ccccc3)C2)cc1.c1ccc(P(c2ccccc2)c2ccccc2)cc1. The second-order valence-electron chi connectivity index (χ2n) is 8.25. The molecule has 1 aliphatic carbocycles. The van der Waals surface area contributed by atoms with Gasteiger partial charge in [0.05, 0.1) is 0 Å². The molecule has 0 spiro atoms. The molecule has 0 atom stereocenters. The molecule has 0 aromatic heterocycles. The van der Waals surface area contributed by atoms with Gasteiger partial charge in [-0.25, -0.2) is 0 Å². The van der Waals surface area contributed by atoms with Crippen LogP contribution in [0.2, 0.25) is 0 Å². The van der Waals surface area contributed by atoms with Gasteiger partial charge >= 0.3 is 35.0 Å². The maximum Gasteiger partial charge on any atom is -0.000775 e. The predicted molar refractivity (Wildman–Crippen MR) is 161 cm³/mol. The van der Waals surface area contributed by atoms with Crippen molar-refractivity contribution in [2.75, 3.05) is 0 Å². The summed E-state index contributed by atoms with van der Waals surface area (Å²) in [4.78, 5) is 0. The Hall–Kier alpha value is -2.49. The molecular formula is C33H27Cl2PPd. The zero-order valence-electron chi connectivity index (χ0n) is 20.2. The van der Waals surface area contributed by atoms with Gasteiger partial charge in [-0.3, -0.25) is 0 Å². The standard InChI is InChI=1S/C18H15P.C15H12.2ClH.Pd/c1-4-10-16(11-5-1)19(17-12-6-2-7-13-17)18-14-8-3-9-15-18;1-3-7-12(8-4-1)14-11-15(14)13-9-5-2-6-10-13;;;/h1-15H;1-10H,11H2;2*1H;/q;;;;+2/p-2. The van der Waals surface area contributed by atoms with E-state index in [1.165, 1.54) is 38.2 Å². The van der Waals surface area contributed by atoms with E-state index in [9.17, 15) is 0 Å². The first kappa shape index (κ1) is 27.5. The van der Waals surface area contributed by atoms with Gasteiger partial charge in [-0.1, -0.05) is 152 Å². The third-order valence-corrected chi connectivity index (χ3v) is 8.32. The summed E-state index contributed by atoms with van der Waals surface area (Å²) in [5, 5.41) is 4.19. The normalized spacial score (nSPS) is 11.8. The largest absolute Gasteiger partial charge is 0.0622 e. The predicted octanol–water partition coefficient (Wildman–Crippen LogP) is 8.82. The molecule has 1 aliphatic rings.